The largest absolute Gasteiger partial charge is 0.493 e. The Hall–Kier alpha value is -1.75. The molecule has 1 atom stereocenters. The third kappa shape index (κ3) is 3.63. The van der Waals surface area contributed by atoms with Crippen LogP contribution in [0.25, 0.3) is 0 Å². The van der Waals surface area contributed by atoms with Crippen LogP contribution in [0.3, 0.4) is 0 Å². The number of aliphatic hydroxyl groups is 1. The van der Waals surface area contributed by atoms with Crippen molar-refractivity contribution in [1.29, 1.82) is 0 Å². The van der Waals surface area contributed by atoms with Gasteiger partial charge in [0.25, 0.3) is 0 Å². The van der Waals surface area contributed by atoms with Crippen LogP contribution in [0.1, 0.15) is 44.4 Å². The third-order valence-electron chi connectivity index (χ3n) is 2.99. The Morgan fingerprint density at radius 3 is 2.90 bits per heavy atom. The lowest BCUT2D eigenvalue weighted by Crippen LogP contribution is -2.36. The van der Waals surface area contributed by atoms with Crippen LogP contribution >= 0.6 is 0 Å². The van der Waals surface area contributed by atoms with E-state index in [0.717, 1.165) is 11.1 Å². The van der Waals surface area contributed by atoms with Gasteiger partial charge in [-0.05, 0) is 32.4 Å². The molecule has 0 radical (unpaired) electrons. The van der Waals surface area contributed by atoms with Crippen molar-refractivity contribution in [2.45, 2.75) is 45.4 Å². The first-order valence-corrected chi connectivity index (χ1v) is 6.75. The van der Waals surface area contributed by atoms with Crippen LogP contribution in [0.2, 0.25) is 0 Å². The second kappa shape index (κ2) is 5.71. The summed E-state index contributed by atoms with van der Waals surface area (Å²) in [5.74, 6) is 0.712. The Kier molecular flexibility index (Phi) is 4.18. The van der Waals surface area contributed by atoms with E-state index in [1.54, 1.807) is 6.07 Å². The number of hydrogen-bond donors (Lipinski definition) is 2. The molecule has 110 valence electrons. The number of alkyl carbamates (subject to hydrolysis) is 1. The first kappa shape index (κ1) is 14.7. The number of hydrogen-bond acceptors (Lipinski definition) is 4. The van der Waals surface area contributed by atoms with E-state index < -0.39 is 11.7 Å². The van der Waals surface area contributed by atoms with Gasteiger partial charge in [-0.15, -0.1) is 0 Å². The molecule has 1 heterocycles. The summed E-state index contributed by atoms with van der Waals surface area (Å²) in [6.45, 7) is 6.00. The standard InChI is InChI=1S/C15H21NO4/c1-15(2,3)20-14(18)16-12-6-7-19-13-8-10(9-17)4-5-11(12)13/h4-5,8,12,17H,6-7,9H2,1-3H3,(H,16,18). The Bertz CT molecular complexity index is 493. The molecule has 1 aromatic carbocycles. The molecule has 2 N–H and O–H groups in total. The number of benzene rings is 1. The minimum Gasteiger partial charge on any atom is -0.493 e. The zero-order valence-electron chi connectivity index (χ0n) is 12.1. The Morgan fingerprint density at radius 1 is 1.50 bits per heavy atom. The monoisotopic (exact) mass is 279 g/mol. The maximum atomic E-state index is 11.8. The third-order valence-corrected chi connectivity index (χ3v) is 2.99. The van der Waals surface area contributed by atoms with Gasteiger partial charge in [-0.3, -0.25) is 0 Å². The summed E-state index contributed by atoms with van der Waals surface area (Å²) < 4.78 is 10.8. The maximum absolute atomic E-state index is 11.8. The summed E-state index contributed by atoms with van der Waals surface area (Å²) in [6.07, 6.45) is 0.270. The molecular weight excluding hydrogens is 258 g/mol. The highest BCUT2D eigenvalue weighted by atomic mass is 16.6. The van der Waals surface area contributed by atoms with E-state index in [1.807, 2.05) is 32.9 Å². The van der Waals surface area contributed by atoms with Gasteiger partial charge in [-0.1, -0.05) is 12.1 Å². The first-order chi connectivity index (χ1) is 9.39. The normalized spacial score (nSPS) is 17.9. The van der Waals surface area contributed by atoms with E-state index in [-0.39, 0.29) is 12.6 Å². The van der Waals surface area contributed by atoms with Gasteiger partial charge in [0, 0.05) is 12.0 Å². The number of carbonyl (C=O) groups is 1. The molecule has 0 spiro atoms. The number of aliphatic hydroxyl groups excluding tert-OH is 1. The predicted octanol–water partition coefficient (Wildman–Crippen LogP) is 2.53. The number of fused-ring (bicyclic) bond motifs is 1. The van der Waals surface area contributed by atoms with E-state index in [0.29, 0.717) is 18.8 Å². The minimum atomic E-state index is -0.515. The molecular formula is C15H21NO4. The summed E-state index contributed by atoms with van der Waals surface area (Å²) in [5.41, 5.74) is 1.19. The molecule has 0 fully saturated rings. The van der Waals surface area contributed by atoms with Gasteiger partial charge in [0.2, 0.25) is 0 Å². The molecule has 1 aliphatic heterocycles. The van der Waals surface area contributed by atoms with Gasteiger partial charge in [0.05, 0.1) is 19.3 Å². The maximum Gasteiger partial charge on any atom is 0.408 e. The van der Waals surface area contributed by atoms with Gasteiger partial charge < -0.3 is 19.9 Å². The lowest BCUT2D eigenvalue weighted by Gasteiger charge is -2.28. The van der Waals surface area contributed by atoms with Crippen LogP contribution in [0, 0.1) is 0 Å². The van der Waals surface area contributed by atoms with Crippen molar-refractivity contribution in [2.24, 2.45) is 0 Å². The van der Waals surface area contributed by atoms with Gasteiger partial charge >= 0.3 is 6.09 Å². The molecule has 1 amide bonds. The van der Waals surface area contributed by atoms with Crippen LogP contribution in [0.5, 0.6) is 5.75 Å². The van der Waals surface area contributed by atoms with Gasteiger partial charge in [0.1, 0.15) is 11.4 Å². The second-order valence-corrected chi connectivity index (χ2v) is 5.87. The highest BCUT2D eigenvalue weighted by Crippen LogP contribution is 2.33. The summed E-state index contributed by atoms with van der Waals surface area (Å²) in [7, 11) is 0. The number of amides is 1. The van der Waals surface area contributed by atoms with Crippen LogP contribution in [-0.4, -0.2) is 23.4 Å². The molecule has 0 aliphatic carbocycles. The molecule has 5 nitrogen and oxygen atoms in total. The van der Waals surface area contributed by atoms with Crippen LogP contribution in [0.4, 0.5) is 4.79 Å². The van der Waals surface area contributed by atoms with Crippen molar-refractivity contribution in [3.8, 4) is 5.75 Å². The second-order valence-electron chi connectivity index (χ2n) is 5.87. The Labute approximate surface area is 118 Å². The van der Waals surface area contributed by atoms with Crippen molar-refractivity contribution in [3.63, 3.8) is 0 Å². The van der Waals surface area contributed by atoms with Gasteiger partial charge in [-0.25, -0.2) is 4.79 Å². The van der Waals surface area contributed by atoms with E-state index >= 15 is 0 Å². The number of ether oxygens (including phenoxy) is 2. The SMILES string of the molecule is CC(C)(C)OC(=O)NC1CCOc2cc(CO)ccc21. The number of rotatable bonds is 2. The zero-order valence-corrected chi connectivity index (χ0v) is 12.1. The van der Waals surface area contributed by atoms with Crippen molar-refractivity contribution >= 4 is 6.09 Å². The average molecular weight is 279 g/mol. The van der Waals surface area contributed by atoms with Crippen molar-refractivity contribution in [1.82, 2.24) is 5.32 Å². The Balaban J connectivity index is 2.10. The van der Waals surface area contributed by atoms with Crippen molar-refractivity contribution < 1.29 is 19.4 Å². The quantitative estimate of drug-likeness (QED) is 0.873. The molecule has 0 saturated carbocycles. The van der Waals surface area contributed by atoms with E-state index in [4.69, 9.17) is 14.6 Å². The molecule has 0 bridgehead atoms. The molecule has 1 aromatic rings. The van der Waals surface area contributed by atoms with Crippen LogP contribution < -0.4 is 10.1 Å². The molecule has 20 heavy (non-hydrogen) atoms. The predicted molar refractivity (Wildman–Crippen MR) is 74.6 cm³/mol. The summed E-state index contributed by atoms with van der Waals surface area (Å²) in [5, 5.41) is 12.0. The lowest BCUT2D eigenvalue weighted by atomic mass is 9.99. The van der Waals surface area contributed by atoms with Gasteiger partial charge in [-0.2, -0.15) is 0 Å². The Morgan fingerprint density at radius 2 is 2.25 bits per heavy atom. The average Bonchev–Trinajstić information content (AvgIpc) is 2.36. The highest BCUT2D eigenvalue weighted by molar-refractivity contribution is 5.68. The topological polar surface area (TPSA) is 67.8 Å². The fraction of sp³-hybridized carbons (Fsp3) is 0.533. The smallest absolute Gasteiger partial charge is 0.408 e. The van der Waals surface area contributed by atoms with E-state index in [2.05, 4.69) is 5.32 Å². The summed E-state index contributed by atoms with van der Waals surface area (Å²) in [6, 6.07) is 5.39. The number of nitrogens with one attached hydrogen (secondary N) is 1. The fourth-order valence-electron chi connectivity index (χ4n) is 2.13. The van der Waals surface area contributed by atoms with Crippen LogP contribution in [0.15, 0.2) is 18.2 Å². The van der Waals surface area contributed by atoms with E-state index in [1.165, 1.54) is 0 Å². The van der Waals surface area contributed by atoms with Crippen molar-refractivity contribution in [2.75, 3.05) is 6.61 Å². The minimum absolute atomic E-state index is 0.0270. The highest BCUT2D eigenvalue weighted by Gasteiger charge is 2.25. The van der Waals surface area contributed by atoms with Gasteiger partial charge in [0.15, 0.2) is 0 Å². The van der Waals surface area contributed by atoms with E-state index in [9.17, 15) is 4.79 Å². The van der Waals surface area contributed by atoms with Crippen molar-refractivity contribution in [3.05, 3.63) is 29.3 Å². The molecule has 1 unspecified atom stereocenters. The number of carbonyl (C=O) groups excluding carboxylic acids is 1. The van der Waals surface area contributed by atoms with Crippen LogP contribution in [-0.2, 0) is 11.3 Å². The summed E-state index contributed by atoms with van der Waals surface area (Å²) >= 11 is 0. The first-order valence-electron chi connectivity index (χ1n) is 6.75. The lowest BCUT2D eigenvalue weighted by molar-refractivity contribution is 0.0491. The molecule has 1 aliphatic rings. The fourth-order valence-corrected chi connectivity index (χ4v) is 2.13. The molecule has 5 heteroatoms. The molecule has 0 aromatic heterocycles. The molecule has 2 rings (SSSR count). The molecule has 0 saturated heterocycles. The summed E-state index contributed by atoms with van der Waals surface area (Å²) in [4.78, 5) is 11.8. The zero-order chi connectivity index (χ0) is 14.8.